The maximum absolute atomic E-state index is 2.64. The van der Waals surface area contributed by atoms with Crippen LogP contribution in [-0.2, 0) is 0 Å². The summed E-state index contributed by atoms with van der Waals surface area (Å²) in [5, 5.41) is 0. The van der Waals surface area contributed by atoms with E-state index in [-0.39, 0.29) is 0 Å². The summed E-state index contributed by atoms with van der Waals surface area (Å²) in [5.41, 5.74) is 0. The third kappa shape index (κ3) is 1.76. The van der Waals surface area contributed by atoms with Gasteiger partial charge in [0.1, 0.15) is 0 Å². The Kier molecular flexibility index (Phi) is 3.25. The first-order chi connectivity index (χ1) is 12.7. The number of hydrogen-bond acceptors (Lipinski definition) is 0. The quantitative estimate of drug-likeness (QED) is 0.458. The normalized spacial score (nSPS) is 67.6. The monoisotopic (exact) mass is 352 g/mol. The molecule has 0 aromatic heterocycles. The highest BCUT2D eigenvalue weighted by atomic mass is 14.7. The van der Waals surface area contributed by atoms with Gasteiger partial charge in [-0.3, -0.25) is 0 Å². The molecule has 10 unspecified atom stereocenters. The molecule has 0 heterocycles. The van der Waals surface area contributed by atoms with Gasteiger partial charge >= 0.3 is 0 Å². The predicted molar refractivity (Wildman–Crippen MR) is 106 cm³/mol. The van der Waals surface area contributed by atoms with Crippen molar-refractivity contribution in [2.45, 2.75) is 78.1 Å². The first-order valence-electron chi connectivity index (χ1n) is 12.7. The van der Waals surface area contributed by atoms with E-state index in [4.69, 9.17) is 0 Å². The molecule has 0 N–H and O–H groups in total. The van der Waals surface area contributed by atoms with Crippen LogP contribution in [0.4, 0.5) is 0 Å². The molecule has 144 valence electrons. The van der Waals surface area contributed by atoms with Crippen molar-refractivity contribution in [2.24, 2.45) is 82.9 Å². The number of rotatable bonds is 0. The van der Waals surface area contributed by atoms with Gasteiger partial charge in [0.05, 0.1) is 0 Å². The summed E-state index contributed by atoms with van der Waals surface area (Å²) in [6.07, 6.45) is 16.3. The van der Waals surface area contributed by atoms with Crippen LogP contribution in [0.5, 0.6) is 0 Å². The van der Waals surface area contributed by atoms with Crippen LogP contribution in [0.15, 0.2) is 0 Å². The zero-order valence-corrected chi connectivity index (χ0v) is 17.2. The van der Waals surface area contributed by atoms with Crippen molar-refractivity contribution in [3.63, 3.8) is 0 Å². The molecule has 7 aliphatic rings. The first-order valence-corrected chi connectivity index (χ1v) is 12.7. The van der Waals surface area contributed by atoms with Gasteiger partial charge in [-0.05, 0) is 147 Å². The van der Waals surface area contributed by atoms with E-state index < -0.39 is 0 Å². The highest BCUT2D eigenvalue weighted by Gasteiger charge is 2.65. The maximum atomic E-state index is 2.64. The van der Waals surface area contributed by atoms with E-state index in [9.17, 15) is 0 Å². The second kappa shape index (κ2) is 5.33. The van der Waals surface area contributed by atoms with Crippen LogP contribution in [0.1, 0.15) is 78.1 Å². The lowest BCUT2D eigenvalue weighted by Gasteiger charge is -2.65. The summed E-state index contributed by atoms with van der Waals surface area (Å²) in [6, 6.07) is 0. The van der Waals surface area contributed by atoms with Crippen molar-refractivity contribution < 1.29 is 0 Å². The smallest absolute Gasteiger partial charge is 0.0318 e. The van der Waals surface area contributed by atoms with E-state index in [1.54, 1.807) is 64.2 Å². The van der Waals surface area contributed by atoms with Crippen LogP contribution in [0.25, 0.3) is 0 Å². The van der Waals surface area contributed by atoms with E-state index in [0.717, 1.165) is 29.6 Å². The Balaban J connectivity index is 1.31. The number of fused-ring (bicyclic) bond motifs is 2. The molecule has 7 saturated carbocycles. The van der Waals surface area contributed by atoms with Crippen LogP contribution in [0.3, 0.4) is 0 Å². The topological polar surface area (TPSA) is 0 Å². The van der Waals surface area contributed by atoms with Gasteiger partial charge in [0.2, 0.25) is 0 Å². The second-order valence-electron chi connectivity index (χ2n) is 12.4. The Morgan fingerprint density at radius 3 is 1.15 bits per heavy atom. The molecule has 0 nitrogen and oxygen atoms in total. The molecule has 0 aromatic rings. The van der Waals surface area contributed by atoms with Crippen LogP contribution in [0.2, 0.25) is 0 Å². The van der Waals surface area contributed by atoms with Gasteiger partial charge in [0.15, 0.2) is 0 Å². The molecule has 10 atom stereocenters. The fraction of sp³-hybridized carbons (Fsp3) is 1.00. The third-order valence-corrected chi connectivity index (χ3v) is 12.5. The summed E-state index contributed by atoms with van der Waals surface area (Å²) in [5.74, 6) is 16.1. The van der Waals surface area contributed by atoms with E-state index in [1.807, 2.05) is 0 Å². The van der Waals surface area contributed by atoms with Gasteiger partial charge in [-0.1, -0.05) is 13.8 Å². The molecule has 0 heteroatoms. The molecule has 0 saturated heterocycles. The van der Waals surface area contributed by atoms with Crippen molar-refractivity contribution in [1.29, 1.82) is 0 Å². The van der Waals surface area contributed by atoms with Crippen LogP contribution < -0.4 is 0 Å². The van der Waals surface area contributed by atoms with Crippen molar-refractivity contribution in [3.8, 4) is 0 Å². The Morgan fingerprint density at radius 1 is 0.346 bits per heavy atom. The third-order valence-electron chi connectivity index (χ3n) is 12.5. The summed E-state index contributed by atoms with van der Waals surface area (Å²) < 4.78 is 0. The van der Waals surface area contributed by atoms with Gasteiger partial charge in [-0.2, -0.15) is 0 Å². The first kappa shape index (κ1) is 15.9. The van der Waals surface area contributed by atoms with E-state index >= 15 is 0 Å². The largest absolute Gasteiger partial charge is 0.0620 e. The molecule has 0 bridgehead atoms. The average molecular weight is 353 g/mol. The SMILES string of the molecule is CC1C(C)C2CCC3C4CCC5CCC6CCC(C7CCC1C2C73)C4C65. The molecule has 0 aliphatic heterocycles. The van der Waals surface area contributed by atoms with Crippen LogP contribution >= 0.6 is 0 Å². The average Bonchev–Trinajstić information content (AvgIpc) is 3.21. The van der Waals surface area contributed by atoms with E-state index in [1.165, 1.54) is 53.3 Å². The lowest BCUT2D eigenvalue weighted by molar-refractivity contribution is -0.168. The van der Waals surface area contributed by atoms with E-state index in [2.05, 4.69) is 13.8 Å². The van der Waals surface area contributed by atoms with Gasteiger partial charge in [-0.25, -0.2) is 0 Å². The van der Waals surface area contributed by atoms with Crippen molar-refractivity contribution in [3.05, 3.63) is 0 Å². The summed E-state index contributed by atoms with van der Waals surface area (Å²) >= 11 is 0. The highest BCUT2D eigenvalue weighted by molar-refractivity contribution is 5.13. The molecule has 7 rings (SSSR count). The summed E-state index contributed by atoms with van der Waals surface area (Å²) in [7, 11) is 0. The molecule has 0 spiro atoms. The zero-order chi connectivity index (χ0) is 17.2. The Labute approximate surface area is 161 Å². The minimum absolute atomic E-state index is 1.03. The Morgan fingerprint density at radius 2 is 0.654 bits per heavy atom. The fourth-order valence-electron chi connectivity index (χ4n) is 11.9. The van der Waals surface area contributed by atoms with Gasteiger partial charge < -0.3 is 0 Å². The summed E-state index contributed by atoms with van der Waals surface area (Å²) in [4.78, 5) is 0. The molecular formula is C26H40. The van der Waals surface area contributed by atoms with Crippen LogP contribution in [0, 0.1) is 82.9 Å². The van der Waals surface area contributed by atoms with Gasteiger partial charge in [0, 0.05) is 0 Å². The van der Waals surface area contributed by atoms with Gasteiger partial charge in [-0.15, -0.1) is 0 Å². The standard InChI is InChI=1S/C26H40/c1-13-14(2)18-10-12-22-20-8-6-16-4-3-15-5-7-19(25(20)23(15)16)21-11-9-17(13)24(18)26(21)22/h13-26H,3-12H2,1-2H3. The van der Waals surface area contributed by atoms with Crippen LogP contribution in [-0.4, -0.2) is 0 Å². The molecule has 7 aliphatic carbocycles. The summed E-state index contributed by atoms with van der Waals surface area (Å²) in [6.45, 7) is 5.28. The Hall–Kier alpha value is 0. The van der Waals surface area contributed by atoms with Crippen molar-refractivity contribution in [1.82, 2.24) is 0 Å². The molecule has 0 radical (unpaired) electrons. The minimum atomic E-state index is 1.03. The molecule has 0 aromatic carbocycles. The molecule has 0 amide bonds. The minimum Gasteiger partial charge on any atom is -0.0620 e. The second-order valence-corrected chi connectivity index (χ2v) is 12.4. The fourth-order valence-corrected chi connectivity index (χ4v) is 11.9. The zero-order valence-electron chi connectivity index (χ0n) is 17.2. The lowest BCUT2D eigenvalue weighted by atomic mass is 9.40. The predicted octanol–water partition coefficient (Wildman–Crippen LogP) is 6.65. The van der Waals surface area contributed by atoms with Gasteiger partial charge in [0.25, 0.3) is 0 Å². The lowest BCUT2D eigenvalue weighted by Crippen LogP contribution is -2.59. The molecular weight excluding hydrogens is 312 g/mol. The number of hydrogen-bond donors (Lipinski definition) is 0. The Bertz CT molecular complexity index is 545. The van der Waals surface area contributed by atoms with Crippen molar-refractivity contribution in [2.75, 3.05) is 0 Å². The maximum Gasteiger partial charge on any atom is -0.0318 e. The molecule has 26 heavy (non-hydrogen) atoms. The van der Waals surface area contributed by atoms with E-state index in [0.29, 0.717) is 0 Å². The highest BCUT2D eigenvalue weighted by Crippen LogP contribution is 2.72. The molecule has 7 fully saturated rings. The van der Waals surface area contributed by atoms with Crippen molar-refractivity contribution >= 4 is 0 Å².